The van der Waals surface area contributed by atoms with Gasteiger partial charge in [-0.3, -0.25) is 0 Å². The quantitative estimate of drug-likeness (QED) is 0.715. The molecule has 0 aliphatic rings. The van der Waals surface area contributed by atoms with Crippen molar-refractivity contribution in [3.05, 3.63) is 24.2 Å². The summed E-state index contributed by atoms with van der Waals surface area (Å²) in [5.41, 5.74) is -1.28. The maximum Gasteiger partial charge on any atom is 0.328 e. The van der Waals surface area contributed by atoms with Gasteiger partial charge in [-0.2, -0.15) is 0 Å². The zero-order valence-corrected chi connectivity index (χ0v) is 9.82. The molecule has 0 bridgehead atoms. The van der Waals surface area contributed by atoms with Gasteiger partial charge >= 0.3 is 12.0 Å². The highest BCUT2D eigenvalue weighted by atomic mass is 16.4. The summed E-state index contributed by atoms with van der Waals surface area (Å²) >= 11 is 0. The molecule has 0 saturated heterocycles. The van der Waals surface area contributed by atoms with E-state index in [1.807, 2.05) is 0 Å². The Hall–Kier alpha value is -1.98. The van der Waals surface area contributed by atoms with E-state index in [0.717, 1.165) is 5.76 Å². The number of carbonyl (C=O) groups excluding carboxylic acids is 1. The van der Waals surface area contributed by atoms with Gasteiger partial charge in [-0.05, 0) is 26.0 Å². The number of rotatable bonds is 5. The minimum Gasteiger partial charge on any atom is -0.480 e. The van der Waals surface area contributed by atoms with Gasteiger partial charge in [0.25, 0.3) is 0 Å². The van der Waals surface area contributed by atoms with E-state index in [2.05, 4.69) is 10.6 Å². The van der Waals surface area contributed by atoms with Gasteiger partial charge < -0.3 is 20.2 Å². The highest BCUT2D eigenvalue weighted by molar-refractivity contribution is 5.85. The summed E-state index contributed by atoms with van der Waals surface area (Å²) in [7, 11) is 0. The van der Waals surface area contributed by atoms with Crippen molar-refractivity contribution < 1.29 is 19.1 Å². The van der Waals surface area contributed by atoms with E-state index in [0.29, 0.717) is 13.0 Å². The molecule has 94 valence electrons. The van der Waals surface area contributed by atoms with Crippen LogP contribution in [0.25, 0.3) is 0 Å². The van der Waals surface area contributed by atoms with Crippen LogP contribution >= 0.6 is 0 Å². The highest BCUT2D eigenvalue weighted by Crippen LogP contribution is 2.02. The lowest BCUT2D eigenvalue weighted by atomic mass is 10.1. The average molecular weight is 240 g/mol. The summed E-state index contributed by atoms with van der Waals surface area (Å²) < 4.78 is 5.09. The SMILES string of the molecule is CC(C)(NC(=O)NCCc1ccco1)C(=O)O. The predicted molar refractivity (Wildman–Crippen MR) is 60.7 cm³/mol. The van der Waals surface area contributed by atoms with Crippen LogP contribution in [0.2, 0.25) is 0 Å². The van der Waals surface area contributed by atoms with Crippen molar-refractivity contribution in [1.29, 1.82) is 0 Å². The lowest BCUT2D eigenvalue weighted by Crippen LogP contribution is -2.53. The van der Waals surface area contributed by atoms with Crippen LogP contribution in [0.3, 0.4) is 0 Å². The Morgan fingerprint density at radius 2 is 2.18 bits per heavy atom. The number of carboxylic acids is 1. The van der Waals surface area contributed by atoms with Gasteiger partial charge in [0.1, 0.15) is 11.3 Å². The molecule has 1 aromatic rings. The van der Waals surface area contributed by atoms with Crippen LogP contribution in [0.4, 0.5) is 4.79 Å². The van der Waals surface area contributed by atoms with Gasteiger partial charge in [-0.25, -0.2) is 9.59 Å². The Morgan fingerprint density at radius 1 is 1.47 bits per heavy atom. The molecule has 1 rings (SSSR count). The van der Waals surface area contributed by atoms with Crippen LogP contribution < -0.4 is 10.6 Å². The Kier molecular flexibility index (Phi) is 4.14. The topological polar surface area (TPSA) is 91.6 Å². The zero-order valence-electron chi connectivity index (χ0n) is 9.82. The monoisotopic (exact) mass is 240 g/mol. The number of urea groups is 1. The molecule has 1 heterocycles. The predicted octanol–water partition coefficient (Wildman–Crippen LogP) is 0.984. The van der Waals surface area contributed by atoms with Crippen molar-refractivity contribution in [3.8, 4) is 0 Å². The summed E-state index contributed by atoms with van der Waals surface area (Å²) in [4.78, 5) is 22.1. The van der Waals surface area contributed by atoms with Gasteiger partial charge in [0.15, 0.2) is 0 Å². The Labute approximate surface area is 99.0 Å². The molecule has 0 saturated carbocycles. The molecule has 2 amide bonds. The largest absolute Gasteiger partial charge is 0.480 e. The maximum absolute atomic E-state index is 11.4. The van der Waals surface area contributed by atoms with Gasteiger partial charge in [-0.1, -0.05) is 0 Å². The van der Waals surface area contributed by atoms with E-state index < -0.39 is 17.5 Å². The number of hydrogen-bond acceptors (Lipinski definition) is 3. The molecule has 6 nitrogen and oxygen atoms in total. The van der Waals surface area contributed by atoms with Crippen molar-refractivity contribution in [2.24, 2.45) is 0 Å². The number of hydrogen-bond donors (Lipinski definition) is 3. The second kappa shape index (κ2) is 5.38. The van der Waals surface area contributed by atoms with Crippen LogP contribution in [-0.4, -0.2) is 29.2 Å². The Bertz CT molecular complexity index is 384. The van der Waals surface area contributed by atoms with Crippen molar-refractivity contribution in [1.82, 2.24) is 10.6 Å². The summed E-state index contributed by atoms with van der Waals surface area (Å²) in [5, 5.41) is 13.7. The molecule has 0 spiro atoms. The molecule has 0 radical (unpaired) electrons. The number of carboxylic acid groups (broad SMARTS) is 1. The van der Waals surface area contributed by atoms with Crippen molar-refractivity contribution in [2.75, 3.05) is 6.54 Å². The molecular formula is C11H16N2O4. The van der Waals surface area contributed by atoms with Crippen LogP contribution in [0.1, 0.15) is 19.6 Å². The number of carbonyl (C=O) groups is 2. The summed E-state index contributed by atoms with van der Waals surface area (Å²) in [6, 6.07) is 3.06. The minimum atomic E-state index is -1.28. The third kappa shape index (κ3) is 4.18. The highest BCUT2D eigenvalue weighted by Gasteiger charge is 2.28. The van der Waals surface area contributed by atoms with Crippen molar-refractivity contribution in [3.63, 3.8) is 0 Å². The minimum absolute atomic E-state index is 0.384. The zero-order chi connectivity index (χ0) is 12.9. The lowest BCUT2D eigenvalue weighted by molar-refractivity contribution is -0.142. The third-order valence-corrected chi connectivity index (χ3v) is 2.20. The molecule has 17 heavy (non-hydrogen) atoms. The van der Waals surface area contributed by atoms with Gasteiger partial charge in [0, 0.05) is 13.0 Å². The van der Waals surface area contributed by atoms with E-state index in [1.165, 1.54) is 13.8 Å². The fourth-order valence-corrected chi connectivity index (χ4v) is 1.14. The summed E-state index contributed by atoms with van der Waals surface area (Å²) in [6.45, 7) is 3.22. The van der Waals surface area contributed by atoms with E-state index in [-0.39, 0.29) is 0 Å². The first-order valence-corrected chi connectivity index (χ1v) is 5.23. The number of aliphatic carboxylic acids is 1. The molecule has 0 unspecified atom stereocenters. The molecule has 3 N–H and O–H groups in total. The van der Waals surface area contributed by atoms with Crippen LogP contribution in [0.15, 0.2) is 22.8 Å². The third-order valence-electron chi connectivity index (χ3n) is 2.20. The molecule has 0 fully saturated rings. The number of amides is 2. The van der Waals surface area contributed by atoms with Crippen LogP contribution in [-0.2, 0) is 11.2 Å². The molecule has 0 atom stereocenters. The maximum atomic E-state index is 11.4. The van der Waals surface area contributed by atoms with Gasteiger partial charge in [0.05, 0.1) is 6.26 Å². The Morgan fingerprint density at radius 3 is 2.71 bits per heavy atom. The molecule has 6 heteroatoms. The normalized spacial score (nSPS) is 10.9. The fourth-order valence-electron chi connectivity index (χ4n) is 1.14. The van der Waals surface area contributed by atoms with Crippen molar-refractivity contribution in [2.45, 2.75) is 25.8 Å². The second-order valence-electron chi connectivity index (χ2n) is 4.14. The Balaban J connectivity index is 2.28. The first-order chi connectivity index (χ1) is 7.92. The molecule has 0 aliphatic heterocycles. The van der Waals surface area contributed by atoms with Gasteiger partial charge in [0.2, 0.25) is 0 Å². The molecule has 0 aromatic carbocycles. The molecule has 1 aromatic heterocycles. The lowest BCUT2D eigenvalue weighted by Gasteiger charge is -2.21. The van der Waals surface area contributed by atoms with Crippen molar-refractivity contribution >= 4 is 12.0 Å². The van der Waals surface area contributed by atoms with E-state index in [9.17, 15) is 9.59 Å². The molecular weight excluding hydrogens is 224 g/mol. The summed E-state index contributed by atoms with van der Waals surface area (Å²) in [6.07, 6.45) is 2.12. The molecule has 0 aliphatic carbocycles. The average Bonchev–Trinajstić information content (AvgIpc) is 2.69. The summed E-state index contributed by atoms with van der Waals surface area (Å²) in [5.74, 6) is -0.318. The first kappa shape index (κ1) is 13.1. The van der Waals surface area contributed by atoms with Crippen LogP contribution in [0.5, 0.6) is 0 Å². The first-order valence-electron chi connectivity index (χ1n) is 5.23. The number of furan rings is 1. The van der Waals surface area contributed by atoms with E-state index in [4.69, 9.17) is 9.52 Å². The van der Waals surface area contributed by atoms with Gasteiger partial charge in [-0.15, -0.1) is 0 Å². The van der Waals surface area contributed by atoms with E-state index >= 15 is 0 Å². The van der Waals surface area contributed by atoms with Crippen LogP contribution in [0, 0.1) is 0 Å². The fraction of sp³-hybridized carbons (Fsp3) is 0.455. The number of nitrogens with one attached hydrogen (secondary N) is 2. The standard InChI is InChI=1S/C11H16N2O4/c1-11(2,9(14)15)13-10(16)12-6-5-8-4-3-7-17-8/h3-4,7H,5-6H2,1-2H3,(H,14,15)(H2,12,13,16). The van der Waals surface area contributed by atoms with E-state index in [1.54, 1.807) is 18.4 Å². The second-order valence-corrected chi connectivity index (χ2v) is 4.14. The smallest absolute Gasteiger partial charge is 0.328 e.